The highest BCUT2D eigenvalue weighted by molar-refractivity contribution is 5.89. The van der Waals surface area contributed by atoms with Crippen molar-refractivity contribution in [3.63, 3.8) is 0 Å². The third-order valence-electron chi connectivity index (χ3n) is 4.90. The molecule has 0 aromatic heterocycles. The lowest BCUT2D eigenvalue weighted by atomic mass is 9.81. The number of para-hydroxylation sites is 1. The molecule has 0 bridgehead atoms. The molecular weight excluding hydrogens is 294 g/mol. The molecule has 1 aliphatic carbocycles. The predicted octanol–water partition coefficient (Wildman–Crippen LogP) is 2.23. The Balaban J connectivity index is 1.71. The molecule has 1 saturated carbocycles. The summed E-state index contributed by atoms with van der Waals surface area (Å²) < 4.78 is 10.6. The fourth-order valence-electron chi connectivity index (χ4n) is 3.57. The summed E-state index contributed by atoms with van der Waals surface area (Å²) in [4.78, 5) is 24.9. The zero-order valence-electron chi connectivity index (χ0n) is 13.5. The molecule has 0 saturated heterocycles. The summed E-state index contributed by atoms with van der Waals surface area (Å²) in [5.74, 6) is 0.125. The second-order valence-corrected chi connectivity index (χ2v) is 6.44. The minimum absolute atomic E-state index is 0.119. The number of rotatable bonds is 3. The Morgan fingerprint density at radius 2 is 1.96 bits per heavy atom. The van der Waals surface area contributed by atoms with Crippen molar-refractivity contribution >= 4 is 11.9 Å². The Hall–Kier alpha value is -2.04. The zero-order valence-corrected chi connectivity index (χ0v) is 13.5. The Labute approximate surface area is 136 Å². The number of carbonyl (C=O) groups excluding carboxylic acids is 2. The number of hydrogen-bond donors (Lipinski definition) is 1. The number of amides is 1. The number of carbonyl (C=O) groups is 2. The maximum Gasteiger partial charge on any atom is 0.331 e. The molecule has 1 fully saturated rings. The molecule has 1 amide bonds. The Kier molecular flexibility index (Phi) is 4.55. The van der Waals surface area contributed by atoms with E-state index < -0.39 is 5.54 Å². The summed E-state index contributed by atoms with van der Waals surface area (Å²) >= 11 is 0. The molecule has 1 aromatic rings. The zero-order chi connectivity index (χ0) is 16.3. The van der Waals surface area contributed by atoms with Gasteiger partial charge in [0.05, 0.1) is 13.0 Å². The van der Waals surface area contributed by atoms with Gasteiger partial charge >= 0.3 is 5.97 Å². The molecule has 1 unspecified atom stereocenters. The molecule has 1 heterocycles. The van der Waals surface area contributed by atoms with Crippen molar-refractivity contribution < 1.29 is 19.1 Å². The van der Waals surface area contributed by atoms with Gasteiger partial charge < -0.3 is 14.8 Å². The van der Waals surface area contributed by atoms with E-state index in [1.807, 2.05) is 24.3 Å². The average Bonchev–Trinajstić information content (AvgIpc) is 2.61. The van der Waals surface area contributed by atoms with Crippen molar-refractivity contribution in [1.29, 1.82) is 0 Å². The van der Waals surface area contributed by atoms with Crippen LogP contribution in [0, 0.1) is 5.92 Å². The molecule has 2 aliphatic rings. The molecule has 3 rings (SSSR count). The molecule has 0 spiro atoms. The average molecular weight is 317 g/mol. The maximum atomic E-state index is 12.7. The fraction of sp³-hybridized carbons (Fsp3) is 0.556. The standard InChI is InChI=1S/C18H23NO4/c1-22-17(21)18(9-5-2-6-10-18)19-16(20)14-11-13-7-3-4-8-15(13)23-12-14/h3-4,7-8,14H,2,5-6,9-12H2,1H3,(H,19,20). The molecular formula is C18H23NO4. The maximum absolute atomic E-state index is 12.7. The first-order valence-electron chi connectivity index (χ1n) is 8.26. The van der Waals surface area contributed by atoms with Gasteiger partial charge in [0.25, 0.3) is 0 Å². The third-order valence-corrected chi connectivity index (χ3v) is 4.90. The van der Waals surface area contributed by atoms with Gasteiger partial charge in [-0.1, -0.05) is 37.5 Å². The second-order valence-electron chi connectivity index (χ2n) is 6.44. The van der Waals surface area contributed by atoms with Crippen molar-refractivity contribution in [2.45, 2.75) is 44.1 Å². The number of ether oxygens (including phenoxy) is 2. The molecule has 1 aromatic carbocycles. The Morgan fingerprint density at radius 1 is 1.22 bits per heavy atom. The lowest BCUT2D eigenvalue weighted by molar-refractivity contribution is -0.153. The summed E-state index contributed by atoms with van der Waals surface area (Å²) in [5.41, 5.74) is 0.177. The van der Waals surface area contributed by atoms with Crippen LogP contribution in [0.25, 0.3) is 0 Å². The molecule has 124 valence electrons. The Morgan fingerprint density at radius 3 is 2.70 bits per heavy atom. The van der Waals surface area contributed by atoms with Crippen LogP contribution in [0.2, 0.25) is 0 Å². The van der Waals surface area contributed by atoms with Crippen molar-refractivity contribution in [1.82, 2.24) is 5.32 Å². The van der Waals surface area contributed by atoms with Gasteiger partial charge in [0.15, 0.2) is 0 Å². The van der Waals surface area contributed by atoms with Gasteiger partial charge in [0.2, 0.25) is 5.91 Å². The first-order valence-corrected chi connectivity index (χ1v) is 8.26. The molecule has 1 atom stereocenters. The van der Waals surface area contributed by atoms with Crippen LogP contribution in [0.15, 0.2) is 24.3 Å². The van der Waals surface area contributed by atoms with E-state index in [4.69, 9.17) is 9.47 Å². The quantitative estimate of drug-likeness (QED) is 0.868. The van der Waals surface area contributed by atoms with Crippen LogP contribution in [0.1, 0.15) is 37.7 Å². The lowest BCUT2D eigenvalue weighted by Gasteiger charge is -2.36. The topological polar surface area (TPSA) is 64.6 Å². The van der Waals surface area contributed by atoms with Crippen LogP contribution in [-0.4, -0.2) is 31.1 Å². The van der Waals surface area contributed by atoms with E-state index in [0.717, 1.165) is 30.6 Å². The SMILES string of the molecule is COC(=O)C1(NC(=O)C2COc3ccccc3C2)CCCCC1. The highest BCUT2D eigenvalue weighted by Gasteiger charge is 2.43. The predicted molar refractivity (Wildman–Crippen MR) is 85.1 cm³/mol. The lowest BCUT2D eigenvalue weighted by Crippen LogP contribution is -2.58. The highest BCUT2D eigenvalue weighted by Crippen LogP contribution is 2.31. The monoisotopic (exact) mass is 317 g/mol. The number of benzene rings is 1. The summed E-state index contributed by atoms with van der Waals surface area (Å²) in [6.07, 6.45) is 4.89. The van der Waals surface area contributed by atoms with Crippen LogP contribution in [-0.2, 0) is 20.7 Å². The van der Waals surface area contributed by atoms with Gasteiger partial charge in [-0.15, -0.1) is 0 Å². The van der Waals surface area contributed by atoms with E-state index in [1.165, 1.54) is 7.11 Å². The van der Waals surface area contributed by atoms with Crippen LogP contribution < -0.4 is 10.1 Å². The van der Waals surface area contributed by atoms with Crippen molar-refractivity contribution in [2.75, 3.05) is 13.7 Å². The first kappa shape index (κ1) is 15.8. The molecule has 1 aliphatic heterocycles. The van der Waals surface area contributed by atoms with Crippen molar-refractivity contribution in [3.05, 3.63) is 29.8 Å². The van der Waals surface area contributed by atoms with Crippen molar-refractivity contribution in [2.24, 2.45) is 5.92 Å². The smallest absolute Gasteiger partial charge is 0.331 e. The summed E-state index contributed by atoms with van der Waals surface area (Å²) in [6.45, 7) is 0.347. The van der Waals surface area contributed by atoms with E-state index in [9.17, 15) is 9.59 Å². The van der Waals surface area contributed by atoms with Gasteiger partial charge in [-0.2, -0.15) is 0 Å². The van der Waals surface area contributed by atoms with Gasteiger partial charge in [0.1, 0.15) is 17.9 Å². The van der Waals surface area contributed by atoms with Gasteiger partial charge in [-0.05, 0) is 30.9 Å². The molecule has 23 heavy (non-hydrogen) atoms. The minimum Gasteiger partial charge on any atom is -0.492 e. The van der Waals surface area contributed by atoms with E-state index in [2.05, 4.69) is 5.32 Å². The highest BCUT2D eigenvalue weighted by atomic mass is 16.5. The normalized spacial score (nSPS) is 22.4. The molecule has 5 nitrogen and oxygen atoms in total. The van der Waals surface area contributed by atoms with Crippen molar-refractivity contribution in [3.8, 4) is 5.75 Å². The first-order chi connectivity index (χ1) is 11.1. The molecule has 0 radical (unpaired) electrons. The summed E-state index contributed by atoms with van der Waals surface area (Å²) in [5, 5.41) is 2.99. The third kappa shape index (κ3) is 3.19. The van der Waals surface area contributed by atoms with Gasteiger partial charge in [-0.3, -0.25) is 4.79 Å². The summed E-state index contributed by atoms with van der Waals surface area (Å²) in [6, 6.07) is 7.76. The van der Waals surface area contributed by atoms with Gasteiger partial charge in [0, 0.05) is 0 Å². The van der Waals surface area contributed by atoms with E-state index in [-0.39, 0.29) is 17.8 Å². The van der Waals surface area contributed by atoms with Gasteiger partial charge in [-0.25, -0.2) is 4.79 Å². The second kappa shape index (κ2) is 6.60. The van der Waals surface area contributed by atoms with Crippen LogP contribution in [0.3, 0.4) is 0 Å². The number of methoxy groups -OCH3 is 1. The van der Waals surface area contributed by atoms with E-state index in [1.54, 1.807) is 0 Å². The number of esters is 1. The Bertz CT molecular complexity index is 592. The van der Waals surface area contributed by atoms with Crippen LogP contribution >= 0.6 is 0 Å². The fourth-order valence-corrected chi connectivity index (χ4v) is 3.57. The van der Waals surface area contributed by atoms with Crippen LogP contribution in [0.5, 0.6) is 5.75 Å². The van der Waals surface area contributed by atoms with E-state index in [0.29, 0.717) is 25.9 Å². The molecule has 5 heteroatoms. The van der Waals surface area contributed by atoms with E-state index >= 15 is 0 Å². The summed E-state index contributed by atoms with van der Waals surface area (Å²) in [7, 11) is 1.38. The van der Waals surface area contributed by atoms with Crippen LogP contribution in [0.4, 0.5) is 0 Å². The number of fused-ring (bicyclic) bond motifs is 1. The number of hydrogen-bond acceptors (Lipinski definition) is 4. The largest absolute Gasteiger partial charge is 0.492 e. The molecule has 1 N–H and O–H groups in total. The minimum atomic E-state index is -0.860. The number of nitrogens with one attached hydrogen (secondary N) is 1.